The van der Waals surface area contributed by atoms with E-state index in [0.717, 1.165) is 11.6 Å². The molecule has 21 heavy (non-hydrogen) atoms. The molecule has 0 fully saturated rings. The number of nitrogens with two attached hydrogens (primary N) is 1. The number of nitrogens with one attached hydrogen (secondary N) is 1. The molecule has 0 atom stereocenters. The number of hydrogen-bond acceptors (Lipinski definition) is 5. The molecule has 2 rings (SSSR count). The predicted molar refractivity (Wildman–Crippen MR) is 78.2 cm³/mol. The van der Waals surface area contributed by atoms with Gasteiger partial charge in [0.2, 0.25) is 0 Å². The van der Waals surface area contributed by atoms with Gasteiger partial charge in [0.15, 0.2) is 0 Å². The number of nitro benzene ring substituents is 1. The molecule has 4 N–H and O–H groups in total. The maximum absolute atomic E-state index is 11.0. The van der Waals surface area contributed by atoms with Crippen molar-refractivity contribution < 1.29 is 14.8 Å². The van der Waals surface area contributed by atoms with E-state index < -0.39 is 10.9 Å². The van der Waals surface area contributed by atoms with E-state index in [2.05, 4.69) is 5.32 Å². The van der Waals surface area contributed by atoms with Crippen molar-refractivity contribution in [2.24, 2.45) is 0 Å². The van der Waals surface area contributed by atoms with E-state index in [-0.39, 0.29) is 16.9 Å². The number of rotatable bonds is 5. The van der Waals surface area contributed by atoms with E-state index in [1.807, 2.05) is 0 Å². The number of nitrogen functional groups attached to an aromatic ring is 1. The average Bonchev–Trinajstić information content (AvgIpc) is 2.46. The van der Waals surface area contributed by atoms with Gasteiger partial charge in [0.25, 0.3) is 5.69 Å². The summed E-state index contributed by atoms with van der Waals surface area (Å²) in [5.41, 5.74) is 6.98. The number of anilines is 2. The molecule has 2 aromatic rings. The Bertz CT molecular complexity index is 683. The van der Waals surface area contributed by atoms with Crippen molar-refractivity contribution in [3.63, 3.8) is 0 Å². The SMILES string of the molecule is Nc1ccc(CNc2ccc(C(=O)O)cc2[N+](=O)[O-])cc1. The number of hydrogen-bond donors (Lipinski definition) is 3. The molecule has 0 aliphatic heterocycles. The number of aromatic carboxylic acids is 1. The number of nitrogens with zero attached hydrogens (tertiary/aromatic N) is 1. The van der Waals surface area contributed by atoms with Crippen LogP contribution in [0.15, 0.2) is 42.5 Å². The summed E-state index contributed by atoms with van der Waals surface area (Å²) in [5.74, 6) is -1.21. The van der Waals surface area contributed by atoms with E-state index in [1.165, 1.54) is 12.1 Å². The van der Waals surface area contributed by atoms with Crippen molar-refractivity contribution in [1.29, 1.82) is 0 Å². The normalized spacial score (nSPS) is 10.1. The first-order chi connectivity index (χ1) is 9.97. The lowest BCUT2D eigenvalue weighted by molar-refractivity contribution is -0.384. The highest BCUT2D eigenvalue weighted by molar-refractivity contribution is 5.89. The fraction of sp³-hybridized carbons (Fsp3) is 0.0714. The summed E-state index contributed by atoms with van der Waals surface area (Å²) in [7, 11) is 0. The number of carboxylic acid groups (broad SMARTS) is 1. The van der Waals surface area contributed by atoms with E-state index in [0.29, 0.717) is 12.2 Å². The molecule has 0 saturated heterocycles. The van der Waals surface area contributed by atoms with Gasteiger partial charge < -0.3 is 16.2 Å². The summed E-state index contributed by atoms with van der Waals surface area (Å²) >= 11 is 0. The molecule has 108 valence electrons. The first-order valence-electron chi connectivity index (χ1n) is 6.07. The second-order valence-electron chi connectivity index (χ2n) is 4.39. The van der Waals surface area contributed by atoms with E-state index in [1.54, 1.807) is 24.3 Å². The maximum atomic E-state index is 11.0. The third kappa shape index (κ3) is 3.47. The van der Waals surface area contributed by atoms with Crippen LogP contribution < -0.4 is 11.1 Å². The molecule has 0 amide bonds. The molecule has 0 heterocycles. The standard InChI is InChI=1S/C14H13N3O4/c15-11-4-1-9(2-5-11)8-16-12-6-3-10(14(18)19)7-13(12)17(20)21/h1-7,16H,8,15H2,(H,18,19). The van der Waals surface area contributed by atoms with Crippen LogP contribution in [0, 0.1) is 10.1 Å². The fourth-order valence-corrected chi connectivity index (χ4v) is 1.80. The number of carbonyl (C=O) groups is 1. The quantitative estimate of drug-likeness (QED) is 0.441. The second-order valence-corrected chi connectivity index (χ2v) is 4.39. The number of benzene rings is 2. The van der Waals surface area contributed by atoms with Crippen LogP contribution in [0.25, 0.3) is 0 Å². The highest BCUT2D eigenvalue weighted by atomic mass is 16.6. The number of carboxylic acids is 1. The number of nitro groups is 1. The molecule has 7 nitrogen and oxygen atoms in total. The Morgan fingerprint density at radius 3 is 2.48 bits per heavy atom. The molecule has 0 saturated carbocycles. The monoisotopic (exact) mass is 287 g/mol. The van der Waals surface area contributed by atoms with Gasteiger partial charge in [-0.2, -0.15) is 0 Å². The van der Waals surface area contributed by atoms with Crippen LogP contribution in [0.3, 0.4) is 0 Å². The van der Waals surface area contributed by atoms with Gasteiger partial charge in [-0.15, -0.1) is 0 Å². The van der Waals surface area contributed by atoms with E-state index in [9.17, 15) is 14.9 Å². The Hall–Kier alpha value is -3.09. The molecule has 2 aromatic carbocycles. The highest BCUT2D eigenvalue weighted by Gasteiger charge is 2.16. The molecule has 0 unspecified atom stereocenters. The van der Waals surface area contributed by atoms with Crippen molar-refractivity contribution >= 4 is 23.0 Å². The van der Waals surface area contributed by atoms with Crippen LogP contribution in [-0.2, 0) is 6.54 Å². The average molecular weight is 287 g/mol. The van der Waals surface area contributed by atoms with Gasteiger partial charge >= 0.3 is 5.97 Å². The molecular formula is C14H13N3O4. The Morgan fingerprint density at radius 1 is 1.24 bits per heavy atom. The van der Waals surface area contributed by atoms with Crippen molar-refractivity contribution in [3.8, 4) is 0 Å². The van der Waals surface area contributed by atoms with Gasteiger partial charge in [-0.1, -0.05) is 12.1 Å². The Morgan fingerprint density at radius 2 is 1.90 bits per heavy atom. The van der Waals surface area contributed by atoms with Crippen LogP contribution >= 0.6 is 0 Å². The van der Waals surface area contributed by atoms with E-state index in [4.69, 9.17) is 10.8 Å². The first-order valence-corrected chi connectivity index (χ1v) is 6.07. The minimum absolute atomic E-state index is 0.125. The smallest absolute Gasteiger partial charge is 0.335 e. The van der Waals surface area contributed by atoms with Crippen LogP contribution in [-0.4, -0.2) is 16.0 Å². The Kier molecular flexibility index (Phi) is 4.03. The Labute approximate surface area is 120 Å². The van der Waals surface area contributed by atoms with Crippen LogP contribution in [0.5, 0.6) is 0 Å². The molecule has 0 aliphatic rings. The van der Waals surface area contributed by atoms with Gasteiger partial charge in [0.05, 0.1) is 10.5 Å². The van der Waals surface area contributed by atoms with E-state index >= 15 is 0 Å². The fourth-order valence-electron chi connectivity index (χ4n) is 1.80. The minimum Gasteiger partial charge on any atom is -0.478 e. The predicted octanol–water partition coefficient (Wildman–Crippen LogP) is 2.49. The molecular weight excluding hydrogens is 274 g/mol. The molecule has 0 radical (unpaired) electrons. The highest BCUT2D eigenvalue weighted by Crippen LogP contribution is 2.26. The van der Waals surface area contributed by atoms with Crippen LogP contribution in [0.2, 0.25) is 0 Å². The summed E-state index contributed by atoms with van der Waals surface area (Å²) in [6.07, 6.45) is 0. The summed E-state index contributed by atoms with van der Waals surface area (Å²) < 4.78 is 0. The molecule has 0 aliphatic carbocycles. The lowest BCUT2D eigenvalue weighted by Gasteiger charge is -2.08. The first kappa shape index (κ1) is 14.3. The topological polar surface area (TPSA) is 118 Å². The van der Waals surface area contributed by atoms with Gasteiger partial charge in [-0.25, -0.2) is 4.79 Å². The molecule has 7 heteroatoms. The van der Waals surface area contributed by atoms with Gasteiger partial charge in [0, 0.05) is 18.3 Å². The summed E-state index contributed by atoms with van der Waals surface area (Å²) in [6, 6.07) is 10.8. The van der Waals surface area contributed by atoms with Crippen molar-refractivity contribution in [1.82, 2.24) is 0 Å². The Balaban J connectivity index is 2.21. The zero-order chi connectivity index (χ0) is 15.4. The second kappa shape index (κ2) is 5.91. The van der Waals surface area contributed by atoms with Crippen molar-refractivity contribution in [2.45, 2.75) is 6.54 Å². The van der Waals surface area contributed by atoms with Gasteiger partial charge in [-0.05, 0) is 29.8 Å². The molecule has 0 aromatic heterocycles. The third-order valence-corrected chi connectivity index (χ3v) is 2.90. The summed E-state index contributed by atoms with van der Waals surface area (Å²) in [4.78, 5) is 21.2. The third-order valence-electron chi connectivity index (χ3n) is 2.90. The van der Waals surface area contributed by atoms with Gasteiger partial charge in [-0.3, -0.25) is 10.1 Å². The largest absolute Gasteiger partial charge is 0.478 e. The van der Waals surface area contributed by atoms with Gasteiger partial charge in [0.1, 0.15) is 5.69 Å². The summed E-state index contributed by atoms with van der Waals surface area (Å²) in [5, 5.41) is 22.8. The molecule has 0 bridgehead atoms. The lowest BCUT2D eigenvalue weighted by atomic mass is 10.1. The van der Waals surface area contributed by atoms with Crippen molar-refractivity contribution in [3.05, 3.63) is 63.7 Å². The zero-order valence-corrected chi connectivity index (χ0v) is 10.9. The lowest BCUT2D eigenvalue weighted by Crippen LogP contribution is -2.05. The van der Waals surface area contributed by atoms with Crippen LogP contribution in [0.1, 0.15) is 15.9 Å². The maximum Gasteiger partial charge on any atom is 0.335 e. The summed E-state index contributed by atoms with van der Waals surface area (Å²) in [6.45, 7) is 0.369. The minimum atomic E-state index is -1.21. The zero-order valence-electron chi connectivity index (χ0n) is 10.9. The van der Waals surface area contributed by atoms with Crippen molar-refractivity contribution in [2.75, 3.05) is 11.1 Å². The molecule has 0 spiro atoms. The van der Waals surface area contributed by atoms with Crippen LogP contribution in [0.4, 0.5) is 17.1 Å².